The van der Waals surface area contributed by atoms with E-state index < -0.39 is 11.9 Å². The largest absolute Gasteiger partial charge is 0.456 e. The molecule has 0 radical (unpaired) electrons. The Morgan fingerprint density at radius 1 is 0.862 bits per heavy atom. The number of carbonyl (C=O) groups is 3. The fourth-order valence-electron chi connectivity index (χ4n) is 2.64. The molecular weight excluding hydrogens is 436 g/mol. The van der Waals surface area contributed by atoms with Crippen LogP contribution in [0.25, 0.3) is 0 Å². The maximum Gasteiger partial charge on any atom is 0.306 e. The fraction of sp³-hybridized carbons (Fsp3) is 0.318. The van der Waals surface area contributed by atoms with Crippen molar-refractivity contribution in [3.05, 3.63) is 57.6 Å². The zero-order valence-electron chi connectivity index (χ0n) is 16.8. The van der Waals surface area contributed by atoms with Gasteiger partial charge in [0.15, 0.2) is 6.61 Å². The van der Waals surface area contributed by atoms with Gasteiger partial charge < -0.3 is 15.4 Å². The molecule has 154 valence electrons. The monoisotopic (exact) mass is 460 g/mol. The van der Waals surface area contributed by atoms with Crippen molar-refractivity contribution in [2.75, 3.05) is 17.2 Å². The van der Waals surface area contributed by atoms with Gasteiger partial charge in [0.05, 0.1) is 0 Å². The molecule has 7 heteroatoms. The van der Waals surface area contributed by atoms with Crippen LogP contribution in [0, 0.1) is 20.8 Å². The Kier molecular flexibility index (Phi) is 8.39. The molecule has 0 aliphatic rings. The molecule has 0 spiro atoms. The molecule has 0 aliphatic carbocycles. The van der Waals surface area contributed by atoms with E-state index >= 15 is 0 Å². The highest BCUT2D eigenvalue weighted by Gasteiger charge is 2.11. The van der Waals surface area contributed by atoms with Crippen LogP contribution < -0.4 is 10.6 Å². The summed E-state index contributed by atoms with van der Waals surface area (Å²) >= 11 is 3.44. The van der Waals surface area contributed by atoms with E-state index in [4.69, 9.17) is 4.74 Å². The van der Waals surface area contributed by atoms with Crippen molar-refractivity contribution in [2.45, 2.75) is 40.0 Å². The minimum atomic E-state index is -0.507. The fourth-order valence-corrected chi connectivity index (χ4v) is 3.10. The van der Waals surface area contributed by atoms with Crippen molar-refractivity contribution in [1.29, 1.82) is 0 Å². The van der Waals surface area contributed by atoms with Crippen LogP contribution in [0.1, 0.15) is 36.0 Å². The molecule has 0 saturated carbocycles. The van der Waals surface area contributed by atoms with Crippen LogP contribution in [0.2, 0.25) is 0 Å². The molecule has 0 fully saturated rings. The van der Waals surface area contributed by atoms with E-state index in [2.05, 4.69) is 26.6 Å². The SMILES string of the molecule is Cc1cc(NC(=O)COC(=O)CCCC(=O)Nc2ccccc2C)c(C)cc1Br. The van der Waals surface area contributed by atoms with Crippen molar-refractivity contribution >= 4 is 45.1 Å². The van der Waals surface area contributed by atoms with E-state index in [1.807, 2.05) is 57.2 Å². The summed E-state index contributed by atoms with van der Waals surface area (Å²) in [5.74, 6) is -1.07. The lowest BCUT2D eigenvalue weighted by molar-refractivity contribution is -0.147. The summed E-state index contributed by atoms with van der Waals surface area (Å²) in [5, 5.41) is 5.56. The van der Waals surface area contributed by atoms with Gasteiger partial charge in [-0.2, -0.15) is 0 Å². The predicted octanol–water partition coefficient (Wildman–Crippen LogP) is 4.67. The number of para-hydroxylation sites is 1. The van der Waals surface area contributed by atoms with Gasteiger partial charge >= 0.3 is 5.97 Å². The number of hydrogen-bond donors (Lipinski definition) is 2. The summed E-state index contributed by atoms with van der Waals surface area (Å²) in [4.78, 5) is 35.8. The summed E-state index contributed by atoms with van der Waals surface area (Å²) in [6.45, 7) is 5.36. The maximum absolute atomic E-state index is 12.0. The average Bonchev–Trinajstić information content (AvgIpc) is 2.66. The van der Waals surface area contributed by atoms with Crippen LogP contribution in [0.4, 0.5) is 11.4 Å². The van der Waals surface area contributed by atoms with E-state index in [0.29, 0.717) is 12.1 Å². The summed E-state index contributed by atoms with van der Waals surface area (Å²) in [7, 11) is 0. The zero-order chi connectivity index (χ0) is 21.4. The molecule has 0 atom stereocenters. The van der Waals surface area contributed by atoms with E-state index in [1.54, 1.807) is 0 Å². The lowest BCUT2D eigenvalue weighted by Crippen LogP contribution is -2.21. The quantitative estimate of drug-likeness (QED) is 0.560. The average molecular weight is 461 g/mol. The molecule has 0 aromatic heterocycles. The van der Waals surface area contributed by atoms with Crippen molar-refractivity contribution in [3.8, 4) is 0 Å². The van der Waals surface area contributed by atoms with Gasteiger partial charge in [-0.3, -0.25) is 14.4 Å². The van der Waals surface area contributed by atoms with Gasteiger partial charge in [-0.15, -0.1) is 0 Å². The Balaban J connectivity index is 1.69. The first-order valence-corrected chi connectivity index (χ1v) is 10.1. The van der Waals surface area contributed by atoms with Gasteiger partial charge in [-0.1, -0.05) is 34.1 Å². The third-order valence-electron chi connectivity index (χ3n) is 4.35. The van der Waals surface area contributed by atoms with E-state index in [0.717, 1.165) is 26.9 Å². The molecule has 0 unspecified atom stereocenters. The number of rotatable bonds is 8. The van der Waals surface area contributed by atoms with Gasteiger partial charge in [0.2, 0.25) is 5.91 Å². The van der Waals surface area contributed by atoms with Crippen molar-refractivity contribution in [3.63, 3.8) is 0 Å². The predicted molar refractivity (Wildman–Crippen MR) is 117 cm³/mol. The van der Waals surface area contributed by atoms with Crippen molar-refractivity contribution in [2.24, 2.45) is 0 Å². The van der Waals surface area contributed by atoms with Crippen LogP contribution in [0.3, 0.4) is 0 Å². The minimum absolute atomic E-state index is 0.0743. The second-order valence-corrected chi connectivity index (χ2v) is 7.70. The number of amides is 2. The summed E-state index contributed by atoms with van der Waals surface area (Å²) in [5.41, 5.74) is 4.31. The van der Waals surface area contributed by atoms with E-state index in [9.17, 15) is 14.4 Å². The number of aryl methyl sites for hydroxylation is 3. The van der Waals surface area contributed by atoms with Crippen LogP contribution >= 0.6 is 15.9 Å². The number of carbonyl (C=O) groups excluding carboxylic acids is 3. The number of benzene rings is 2. The first kappa shape index (κ1) is 22.6. The Morgan fingerprint density at radius 2 is 1.55 bits per heavy atom. The number of nitrogens with one attached hydrogen (secondary N) is 2. The summed E-state index contributed by atoms with van der Waals surface area (Å²) < 4.78 is 5.96. The second-order valence-electron chi connectivity index (χ2n) is 6.84. The standard InChI is InChI=1S/C22H25BrN2O4/c1-14-7-4-5-8-18(14)24-20(26)9-6-10-22(28)29-13-21(27)25-19-12-15(2)17(23)11-16(19)3/h4-5,7-8,11-12H,6,9-10,13H2,1-3H3,(H,24,26)(H,25,27). The molecule has 2 N–H and O–H groups in total. The number of esters is 1. The second kappa shape index (κ2) is 10.8. The molecular formula is C22H25BrN2O4. The molecule has 0 heterocycles. The highest BCUT2D eigenvalue weighted by atomic mass is 79.9. The Bertz CT molecular complexity index is 912. The zero-order valence-corrected chi connectivity index (χ0v) is 18.4. The Labute approximate surface area is 179 Å². The van der Waals surface area contributed by atoms with Gasteiger partial charge in [-0.25, -0.2) is 0 Å². The number of halogens is 1. The van der Waals surface area contributed by atoms with Crippen LogP contribution in [-0.4, -0.2) is 24.4 Å². The van der Waals surface area contributed by atoms with Crippen LogP contribution in [0.5, 0.6) is 0 Å². The summed E-state index contributed by atoms with van der Waals surface area (Å²) in [6, 6.07) is 11.3. The Hall–Kier alpha value is -2.67. The molecule has 29 heavy (non-hydrogen) atoms. The van der Waals surface area contributed by atoms with Gasteiger partial charge in [-0.05, 0) is 62.1 Å². The van der Waals surface area contributed by atoms with Gasteiger partial charge in [0.25, 0.3) is 5.91 Å². The molecule has 0 saturated heterocycles. The Morgan fingerprint density at radius 3 is 2.28 bits per heavy atom. The molecule has 0 aliphatic heterocycles. The van der Waals surface area contributed by atoms with Crippen LogP contribution in [-0.2, 0) is 19.1 Å². The van der Waals surface area contributed by atoms with E-state index in [-0.39, 0.29) is 25.4 Å². The lowest BCUT2D eigenvalue weighted by Gasteiger charge is -2.11. The van der Waals surface area contributed by atoms with Crippen LogP contribution in [0.15, 0.2) is 40.9 Å². The van der Waals surface area contributed by atoms with Gasteiger partial charge in [0, 0.05) is 28.7 Å². The lowest BCUT2D eigenvalue weighted by atomic mass is 10.1. The topological polar surface area (TPSA) is 84.5 Å². The summed E-state index contributed by atoms with van der Waals surface area (Å²) in [6.07, 6.45) is 0.626. The number of ether oxygens (including phenoxy) is 1. The molecule has 2 aromatic carbocycles. The minimum Gasteiger partial charge on any atom is -0.456 e. The molecule has 2 amide bonds. The highest BCUT2D eigenvalue weighted by Crippen LogP contribution is 2.24. The number of hydrogen-bond acceptors (Lipinski definition) is 4. The van der Waals surface area contributed by atoms with E-state index in [1.165, 1.54) is 0 Å². The molecule has 2 aromatic rings. The smallest absolute Gasteiger partial charge is 0.306 e. The van der Waals surface area contributed by atoms with Crippen molar-refractivity contribution in [1.82, 2.24) is 0 Å². The molecule has 2 rings (SSSR count). The molecule has 6 nitrogen and oxygen atoms in total. The first-order chi connectivity index (χ1) is 13.8. The normalized spacial score (nSPS) is 10.3. The molecule has 0 bridgehead atoms. The third-order valence-corrected chi connectivity index (χ3v) is 5.20. The highest BCUT2D eigenvalue weighted by molar-refractivity contribution is 9.10. The van der Waals surface area contributed by atoms with Gasteiger partial charge in [0.1, 0.15) is 0 Å². The first-order valence-electron chi connectivity index (χ1n) is 9.34. The number of anilines is 2. The third kappa shape index (κ3) is 7.34. The maximum atomic E-state index is 12.0. The van der Waals surface area contributed by atoms with Crippen molar-refractivity contribution < 1.29 is 19.1 Å².